The molecule has 1 N–H and O–H groups in total. The number of rotatable bonds is 8. The van der Waals surface area contributed by atoms with Crippen LogP contribution in [-0.4, -0.2) is 45.4 Å². The summed E-state index contributed by atoms with van der Waals surface area (Å²) in [5.74, 6) is 0.729. The van der Waals surface area contributed by atoms with Crippen LogP contribution in [0.2, 0.25) is 0 Å². The van der Waals surface area contributed by atoms with Crippen molar-refractivity contribution in [2.75, 3.05) is 13.1 Å². The van der Waals surface area contributed by atoms with Crippen LogP contribution in [0.25, 0.3) is 11.4 Å². The molecule has 0 unspecified atom stereocenters. The number of benzene rings is 1. The highest BCUT2D eigenvalue weighted by Crippen LogP contribution is 2.31. The maximum absolute atomic E-state index is 14.8. The Kier molecular flexibility index (Phi) is 6.91. The minimum absolute atomic E-state index is 0.0234. The van der Waals surface area contributed by atoms with Gasteiger partial charge >= 0.3 is 0 Å². The van der Waals surface area contributed by atoms with E-state index in [0.717, 1.165) is 25.9 Å². The van der Waals surface area contributed by atoms with Gasteiger partial charge < -0.3 is 24.1 Å². The van der Waals surface area contributed by atoms with Crippen LogP contribution in [0.5, 0.6) is 17.5 Å². The molecule has 1 aliphatic heterocycles. The molecule has 170 valence electrons. The Balaban J connectivity index is 1.46. The number of ether oxygens (including phenoxy) is 3. The van der Waals surface area contributed by atoms with Crippen LogP contribution >= 0.6 is 0 Å². The number of hydrogen-bond donors (Lipinski definition) is 1. The van der Waals surface area contributed by atoms with Crippen LogP contribution in [0.1, 0.15) is 38.1 Å². The average molecular weight is 443 g/mol. The van der Waals surface area contributed by atoms with Crippen molar-refractivity contribution >= 4 is 0 Å². The van der Waals surface area contributed by atoms with Gasteiger partial charge in [-0.15, -0.1) is 0 Å². The van der Waals surface area contributed by atoms with E-state index in [9.17, 15) is 4.39 Å². The minimum atomic E-state index is -0.578. The molecule has 1 saturated heterocycles. The van der Waals surface area contributed by atoms with Gasteiger partial charge in [0.15, 0.2) is 11.6 Å². The van der Waals surface area contributed by atoms with Gasteiger partial charge in [0.05, 0.1) is 11.7 Å². The second-order valence-electron chi connectivity index (χ2n) is 7.79. The fourth-order valence-electron chi connectivity index (χ4n) is 3.21. The molecule has 0 atom stereocenters. The summed E-state index contributed by atoms with van der Waals surface area (Å²) < 4.78 is 37.1. The van der Waals surface area contributed by atoms with Crippen molar-refractivity contribution < 1.29 is 23.1 Å². The maximum atomic E-state index is 14.8. The number of nitrogens with one attached hydrogen (secondary N) is 1. The van der Waals surface area contributed by atoms with E-state index in [4.69, 9.17) is 18.7 Å². The van der Waals surface area contributed by atoms with Crippen molar-refractivity contribution in [3.63, 3.8) is 0 Å². The molecule has 0 amide bonds. The molecule has 3 aromatic rings. The van der Waals surface area contributed by atoms with Crippen LogP contribution in [0.15, 0.2) is 29.0 Å². The summed E-state index contributed by atoms with van der Waals surface area (Å²) in [6.07, 6.45) is 3.27. The molecule has 0 spiro atoms. The molecule has 3 heterocycles. The van der Waals surface area contributed by atoms with Gasteiger partial charge in [0.2, 0.25) is 17.6 Å². The van der Waals surface area contributed by atoms with Gasteiger partial charge in [-0.05, 0) is 64.9 Å². The van der Waals surface area contributed by atoms with Crippen molar-refractivity contribution in [2.24, 2.45) is 0 Å². The largest absolute Gasteiger partial charge is 0.474 e. The molecule has 0 aliphatic carbocycles. The molecule has 2 aromatic heterocycles. The molecule has 1 aromatic carbocycles. The summed E-state index contributed by atoms with van der Waals surface area (Å²) in [6, 6.07) is 4.44. The van der Waals surface area contributed by atoms with Crippen molar-refractivity contribution in [2.45, 2.75) is 52.4 Å². The van der Waals surface area contributed by atoms with Crippen LogP contribution < -0.4 is 14.8 Å². The third-order valence-corrected chi connectivity index (χ3v) is 4.96. The summed E-state index contributed by atoms with van der Waals surface area (Å²) in [5.41, 5.74) is 1.08. The molecular formula is C22H26FN5O4. The first-order chi connectivity index (χ1) is 15.5. The third-order valence-electron chi connectivity index (χ3n) is 4.96. The highest BCUT2D eigenvalue weighted by atomic mass is 19.1. The Morgan fingerprint density at radius 3 is 2.72 bits per heavy atom. The zero-order valence-electron chi connectivity index (χ0n) is 18.3. The lowest BCUT2D eigenvalue weighted by Gasteiger charge is -2.24. The van der Waals surface area contributed by atoms with Crippen molar-refractivity contribution in [1.82, 2.24) is 25.4 Å². The lowest BCUT2D eigenvalue weighted by molar-refractivity contribution is 0.0485. The highest BCUT2D eigenvalue weighted by Gasteiger charge is 2.19. The molecular weight excluding hydrogens is 417 g/mol. The fourth-order valence-corrected chi connectivity index (χ4v) is 3.21. The molecule has 0 saturated carbocycles. The monoisotopic (exact) mass is 443 g/mol. The van der Waals surface area contributed by atoms with Crippen LogP contribution in [0.3, 0.4) is 0 Å². The normalized spacial score (nSPS) is 14.7. The van der Waals surface area contributed by atoms with Gasteiger partial charge in [0, 0.05) is 5.56 Å². The Morgan fingerprint density at radius 1 is 1.19 bits per heavy atom. The summed E-state index contributed by atoms with van der Waals surface area (Å²) in [6.45, 7) is 7.62. The highest BCUT2D eigenvalue weighted by molar-refractivity contribution is 5.56. The van der Waals surface area contributed by atoms with Gasteiger partial charge in [-0.3, -0.25) is 0 Å². The first kappa shape index (κ1) is 22.1. The second kappa shape index (κ2) is 10.0. The zero-order chi connectivity index (χ0) is 22.5. The predicted molar refractivity (Wildman–Crippen MR) is 113 cm³/mol. The first-order valence-electron chi connectivity index (χ1n) is 10.6. The predicted octanol–water partition coefficient (Wildman–Crippen LogP) is 3.82. The van der Waals surface area contributed by atoms with E-state index in [1.54, 1.807) is 13.0 Å². The quantitative estimate of drug-likeness (QED) is 0.556. The third kappa shape index (κ3) is 5.38. The van der Waals surface area contributed by atoms with E-state index in [2.05, 4.69) is 25.4 Å². The van der Waals surface area contributed by atoms with Crippen molar-refractivity contribution in [3.8, 4) is 28.9 Å². The van der Waals surface area contributed by atoms with Gasteiger partial charge in [0.25, 0.3) is 5.89 Å². The topological polar surface area (TPSA) is 104 Å². The molecule has 10 heteroatoms. The van der Waals surface area contributed by atoms with Crippen molar-refractivity contribution in [1.29, 1.82) is 0 Å². The lowest BCUT2D eigenvalue weighted by atomic mass is 10.1. The van der Waals surface area contributed by atoms with Crippen LogP contribution in [0.4, 0.5) is 4.39 Å². The Labute approximate surface area is 185 Å². The SMILES string of the molecule is Cc1c(Oc2ccc(-c3noc(COC(C)C)n3)cc2F)ncnc1OC1CCNCC1. The molecule has 0 radical (unpaired) electrons. The Bertz CT molecular complexity index is 1050. The van der Waals surface area contributed by atoms with Crippen LogP contribution in [0, 0.1) is 12.7 Å². The van der Waals surface area contributed by atoms with E-state index in [1.807, 2.05) is 13.8 Å². The van der Waals surface area contributed by atoms with E-state index >= 15 is 0 Å². The van der Waals surface area contributed by atoms with Crippen molar-refractivity contribution in [3.05, 3.63) is 41.8 Å². The van der Waals surface area contributed by atoms with Crippen LogP contribution in [-0.2, 0) is 11.3 Å². The average Bonchev–Trinajstić information content (AvgIpc) is 3.26. The molecule has 4 rings (SSSR count). The van der Waals surface area contributed by atoms with Gasteiger partial charge in [0.1, 0.15) is 19.0 Å². The maximum Gasteiger partial charge on any atom is 0.252 e. The van der Waals surface area contributed by atoms with Gasteiger partial charge in [-0.25, -0.2) is 14.4 Å². The molecule has 9 nitrogen and oxygen atoms in total. The summed E-state index contributed by atoms with van der Waals surface area (Å²) in [7, 11) is 0. The Morgan fingerprint density at radius 2 is 1.97 bits per heavy atom. The summed E-state index contributed by atoms with van der Waals surface area (Å²) >= 11 is 0. The number of hydrogen-bond acceptors (Lipinski definition) is 9. The lowest BCUT2D eigenvalue weighted by Crippen LogP contribution is -2.34. The van der Waals surface area contributed by atoms with Gasteiger partial charge in [-0.1, -0.05) is 5.16 Å². The first-order valence-corrected chi connectivity index (χ1v) is 10.6. The summed E-state index contributed by atoms with van der Waals surface area (Å²) in [5, 5.41) is 7.18. The van der Waals surface area contributed by atoms with E-state index in [1.165, 1.54) is 18.5 Å². The number of nitrogens with zero attached hydrogens (tertiary/aromatic N) is 4. The number of aromatic nitrogens is 4. The molecule has 1 fully saturated rings. The molecule has 32 heavy (non-hydrogen) atoms. The summed E-state index contributed by atoms with van der Waals surface area (Å²) in [4.78, 5) is 12.6. The second-order valence-corrected chi connectivity index (χ2v) is 7.79. The van der Waals surface area contributed by atoms with Gasteiger partial charge in [-0.2, -0.15) is 4.98 Å². The fraction of sp³-hybridized carbons (Fsp3) is 0.455. The smallest absolute Gasteiger partial charge is 0.252 e. The minimum Gasteiger partial charge on any atom is -0.474 e. The standard InChI is InChI=1S/C22H26FN5O4/c1-13(2)29-11-19-27-20(28-32-19)15-4-5-18(17(23)10-15)31-22-14(3)21(25-12-26-22)30-16-6-8-24-9-7-16/h4-5,10,12-13,16,24H,6-9,11H2,1-3H3. The Hall–Kier alpha value is -3.11. The number of piperidine rings is 1. The van der Waals surface area contributed by atoms with E-state index < -0.39 is 5.82 Å². The zero-order valence-corrected chi connectivity index (χ0v) is 18.3. The van der Waals surface area contributed by atoms with E-state index in [-0.39, 0.29) is 36.3 Å². The number of halogens is 1. The van der Waals surface area contributed by atoms with E-state index in [0.29, 0.717) is 22.9 Å². The molecule has 0 bridgehead atoms. The molecule has 1 aliphatic rings.